The highest BCUT2D eigenvalue weighted by atomic mass is 32.2. The molecule has 4 rings (SSSR count). The number of aryl methyl sites for hydroxylation is 3. The molecular formula is C31H34N2O9S. The topological polar surface area (TPSA) is 140 Å². The van der Waals surface area contributed by atoms with E-state index in [9.17, 15) is 19.2 Å². The molecule has 1 aliphatic rings. The minimum atomic E-state index is -1.27. The van der Waals surface area contributed by atoms with Crippen LogP contribution >= 0.6 is 11.8 Å². The maximum absolute atomic E-state index is 12.2. The van der Waals surface area contributed by atoms with Crippen LogP contribution in [0, 0.1) is 20.8 Å². The molecule has 0 amide bonds. The van der Waals surface area contributed by atoms with Gasteiger partial charge in [-0.05, 0) is 31.9 Å². The number of hydrogen-bond donors (Lipinski definition) is 0. The van der Waals surface area contributed by atoms with Crippen LogP contribution in [0.25, 0.3) is 22.0 Å². The number of hydrogen-bond acceptors (Lipinski definition) is 12. The molecule has 1 fully saturated rings. The van der Waals surface area contributed by atoms with Crippen molar-refractivity contribution >= 4 is 46.4 Å². The fourth-order valence-corrected chi connectivity index (χ4v) is 6.45. The lowest BCUT2D eigenvalue weighted by Gasteiger charge is -2.44. The van der Waals surface area contributed by atoms with Crippen LogP contribution in [-0.2, 0) is 42.9 Å². The first-order valence-corrected chi connectivity index (χ1v) is 14.5. The predicted octanol–water partition coefficient (Wildman–Crippen LogP) is 4.40. The standard InChI is InChI=1S/C31H34N2O9S/c1-15-12-16(2)25(17(3)13-15)26-22-10-8-9-11-23(22)30(33-32-26)43-31-29(41-21(7)37)28(40-20(6)36)27(39-19(5)35)24(42-31)14-38-18(4)34/h8-13,24,27-29,31H,14H2,1-7H3/t24-,27-,28+,29-,31+/m1/s1. The van der Waals surface area contributed by atoms with Crippen LogP contribution in [0.3, 0.4) is 0 Å². The second-order valence-corrected chi connectivity index (χ2v) is 11.4. The Balaban J connectivity index is 1.81. The van der Waals surface area contributed by atoms with Crippen LogP contribution in [0.5, 0.6) is 0 Å². The van der Waals surface area contributed by atoms with Gasteiger partial charge in [-0.2, -0.15) is 0 Å². The third kappa shape index (κ3) is 7.49. The molecule has 1 aliphatic heterocycles. The Morgan fingerprint density at radius 2 is 1.33 bits per heavy atom. The van der Waals surface area contributed by atoms with Gasteiger partial charge in [0.1, 0.15) is 23.4 Å². The van der Waals surface area contributed by atoms with Gasteiger partial charge in [-0.1, -0.05) is 53.7 Å². The van der Waals surface area contributed by atoms with E-state index in [4.69, 9.17) is 23.7 Å². The molecule has 2 aromatic carbocycles. The van der Waals surface area contributed by atoms with E-state index in [2.05, 4.69) is 22.3 Å². The molecule has 0 radical (unpaired) electrons. The Labute approximate surface area is 253 Å². The van der Waals surface area contributed by atoms with Gasteiger partial charge in [-0.25, -0.2) is 0 Å². The van der Waals surface area contributed by atoms with Crippen LogP contribution in [0.1, 0.15) is 44.4 Å². The van der Waals surface area contributed by atoms with Crippen molar-refractivity contribution < 1.29 is 42.9 Å². The van der Waals surface area contributed by atoms with Gasteiger partial charge >= 0.3 is 23.9 Å². The highest BCUT2D eigenvalue weighted by molar-refractivity contribution is 8.00. The van der Waals surface area contributed by atoms with Crippen LogP contribution in [0.4, 0.5) is 0 Å². The smallest absolute Gasteiger partial charge is 0.303 e. The van der Waals surface area contributed by atoms with E-state index in [0.29, 0.717) is 5.03 Å². The highest BCUT2D eigenvalue weighted by Gasteiger charge is 2.52. The number of aromatic nitrogens is 2. The summed E-state index contributed by atoms with van der Waals surface area (Å²) in [6, 6.07) is 11.8. The zero-order valence-corrected chi connectivity index (χ0v) is 25.9. The number of rotatable bonds is 8. The molecular weight excluding hydrogens is 576 g/mol. The Morgan fingerprint density at radius 1 is 0.767 bits per heavy atom. The van der Waals surface area contributed by atoms with Crippen molar-refractivity contribution in [1.82, 2.24) is 10.2 Å². The molecule has 0 bridgehead atoms. The number of carbonyl (C=O) groups excluding carboxylic acids is 4. The second-order valence-electron chi connectivity index (χ2n) is 10.4. The van der Waals surface area contributed by atoms with Gasteiger partial charge in [0.05, 0.1) is 0 Å². The van der Waals surface area contributed by atoms with Crippen LogP contribution in [0.15, 0.2) is 41.4 Å². The van der Waals surface area contributed by atoms with Gasteiger partial charge in [0.15, 0.2) is 23.7 Å². The number of carbonyl (C=O) groups is 4. The van der Waals surface area contributed by atoms with Crippen molar-refractivity contribution in [3.05, 3.63) is 53.1 Å². The minimum Gasteiger partial charge on any atom is -0.463 e. The van der Waals surface area contributed by atoms with Gasteiger partial charge in [0.2, 0.25) is 0 Å². The summed E-state index contributed by atoms with van der Waals surface area (Å²) >= 11 is 1.10. The molecule has 5 atom stereocenters. The first kappa shape index (κ1) is 31.9. The lowest BCUT2D eigenvalue weighted by Crippen LogP contribution is -2.61. The SMILES string of the molecule is CC(=O)OC[C@H]1O[C@@H](Sc2nnc(-c3c(C)cc(C)cc3C)c3ccccc23)[C@H](OC(C)=O)[C@@H](OC(C)=O)[C@@H]1OC(C)=O. The van der Waals surface area contributed by atoms with Gasteiger partial charge in [0, 0.05) is 44.0 Å². The van der Waals surface area contributed by atoms with Crippen molar-refractivity contribution in [2.24, 2.45) is 0 Å². The minimum absolute atomic E-state index is 0.313. The maximum atomic E-state index is 12.2. The molecule has 1 saturated heterocycles. The molecule has 11 nitrogen and oxygen atoms in total. The van der Waals surface area contributed by atoms with E-state index in [1.54, 1.807) is 0 Å². The first-order valence-electron chi connectivity index (χ1n) is 13.7. The number of esters is 4. The summed E-state index contributed by atoms with van der Waals surface area (Å²) in [6.07, 6.45) is -4.78. The molecule has 0 spiro atoms. The second kappa shape index (κ2) is 13.5. The monoisotopic (exact) mass is 610 g/mol. The molecule has 228 valence electrons. The molecule has 0 unspecified atom stereocenters. The van der Waals surface area contributed by atoms with E-state index in [0.717, 1.165) is 50.5 Å². The first-order chi connectivity index (χ1) is 20.3. The van der Waals surface area contributed by atoms with Crippen molar-refractivity contribution in [1.29, 1.82) is 0 Å². The summed E-state index contributed by atoms with van der Waals surface area (Å²) in [6.45, 7) is 10.6. The number of fused-ring (bicyclic) bond motifs is 1. The van der Waals surface area contributed by atoms with Crippen molar-refractivity contribution in [3.63, 3.8) is 0 Å². The Bertz CT molecular complexity index is 1540. The molecule has 12 heteroatoms. The zero-order chi connectivity index (χ0) is 31.4. The fourth-order valence-electron chi connectivity index (χ4n) is 5.30. The largest absolute Gasteiger partial charge is 0.463 e. The third-order valence-corrected chi connectivity index (χ3v) is 7.88. The van der Waals surface area contributed by atoms with Gasteiger partial charge < -0.3 is 23.7 Å². The summed E-state index contributed by atoms with van der Waals surface area (Å²) in [7, 11) is 0. The zero-order valence-electron chi connectivity index (χ0n) is 25.0. The molecule has 0 aliphatic carbocycles. The quantitative estimate of drug-likeness (QED) is 0.264. The van der Waals surface area contributed by atoms with Crippen LogP contribution in [-0.4, -0.2) is 70.5 Å². The molecule has 43 heavy (non-hydrogen) atoms. The summed E-state index contributed by atoms with van der Waals surface area (Å²) in [5.41, 5.74) is 3.96. The average molecular weight is 611 g/mol. The van der Waals surface area contributed by atoms with Gasteiger partial charge in [-0.3, -0.25) is 19.2 Å². The van der Waals surface area contributed by atoms with Gasteiger partial charge in [0.25, 0.3) is 0 Å². The Kier molecular flexibility index (Phi) is 10.0. The van der Waals surface area contributed by atoms with Crippen molar-refractivity contribution in [3.8, 4) is 11.3 Å². The summed E-state index contributed by atoms with van der Waals surface area (Å²) in [4.78, 5) is 48.1. The molecule has 3 aromatic rings. The molecule has 0 N–H and O–H groups in total. The van der Waals surface area contributed by atoms with Crippen molar-refractivity contribution in [2.75, 3.05) is 6.61 Å². The van der Waals surface area contributed by atoms with E-state index >= 15 is 0 Å². The summed E-state index contributed by atoms with van der Waals surface area (Å²) in [5, 5.41) is 11.3. The lowest BCUT2D eigenvalue weighted by atomic mass is 9.95. The summed E-state index contributed by atoms with van der Waals surface area (Å²) in [5.74, 6) is -2.65. The average Bonchev–Trinajstić information content (AvgIpc) is 2.90. The molecule has 2 heterocycles. The summed E-state index contributed by atoms with van der Waals surface area (Å²) < 4.78 is 28.1. The lowest BCUT2D eigenvalue weighted by molar-refractivity contribution is -0.237. The highest BCUT2D eigenvalue weighted by Crippen LogP contribution is 2.41. The van der Waals surface area contributed by atoms with Crippen LogP contribution < -0.4 is 0 Å². The number of ether oxygens (including phenoxy) is 5. The number of nitrogens with zero attached hydrogens (tertiary/aromatic N) is 2. The Hall–Kier alpha value is -4.03. The van der Waals surface area contributed by atoms with Crippen LogP contribution in [0.2, 0.25) is 0 Å². The number of thioether (sulfide) groups is 1. The normalized spacial score (nSPS) is 21.6. The molecule has 0 saturated carbocycles. The Morgan fingerprint density at radius 3 is 1.91 bits per heavy atom. The predicted molar refractivity (Wildman–Crippen MR) is 157 cm³/mol. The third-order valence-electron chi connectivity index (χ3n) is 6.74. The van der Waals surface area contributed by atoms with E-state index < -0.39 is 53.7 Å². The number of benzene rings is 2. The van der Waals surface area contributed by atoms with Gasteiger partial charge in [-0.15, -0.1) is 10.2 Å². The molecule has 1 aromatic heterocycles. The van der Waals surface area contributed by atoms with E-state index in [-0.39, 0.29) is 6.61 Å². The van der Waals surface area contributed by atoms with E-state index in [1.165, 1.54) is 27.7 Å². The van der Waals surface area contributed by atoms with Crippen molar-refractivity contribution in [2.45, 2.75) is 83.3 Å². The fraction of sp³-hybridized carbons (Fsp3) is 0.419. The maximum Gasteiger partial charge on any atom is 0.303 e. The van der Waals surface area contributed by atoms with E-state index in [1.807, 2.05) is 45.0 Å².